The first-order valence-electron chi connectivity index (χ1n) is 10.2. The molecule has 6 nitrogen and oxygen atoms in total. The van der Waals surface area contributed by atoms with Crippen molar-refractivity contribution in [1.29, 1.82) is 0 Å². The molecule has 2 aromatic rings. The van der Waals surface area contributed by atoms with Crippen LogP contribution in [-0.2, 0) is 27.1 Å². The van der Waals surface area contributed by atoms with Gasteiger partial charge in [0.05, 0.1) is 12.9 Å². The van der Waals surface area contributed by atoms with Gasteiger partial charge in [-0.05, 0) is 31.4 Å². The summed E-state index contributed by atoms with van der Waals surface area (Å²) >= 11 is 0. The van der Waals surface area contributed by atoms with Crippen LogP contribution in [0.3, 0.4) is 0 Å². The maximum Gasteiger partial charge on any atom is 0.225 e. The van der Waals surface area contributed by atoms with E-state index in [1.165, 1.54) is 4.31 Å². The smallest absolute Gasteiger partial charge is 0.225 e. The van der Waals surface area contributed by atoms with E-state index in [9.17, 15) is 13.2 Å². The second-order valence-corrected chi connectivity index (χ2v) is 9.89. The minimum absolute atomic E-state index is 0.000399. The Morgan fingerprint density at radius 2 is 1.73 bits per heavy atom. The minimum atomic E-state index is -3.38. The maximum absolute atomic E-state index is 12.9. The number of amides is 1. The zero-order valence-corrected chi connectivity index (χ0v) is 18.7. The van der Waals surface area contributed by atoms with E-state index >= 15 is 0 Å². The van der Waals surface area contributed by atoms with Gasteiger partial charge in [-0.15, -0.1) is 0 Å². The highest BCUT2D eigenvalue weighted by Crippen LogP contribution is 2.25. The molecular weight excluding hydrogens is 400 g/mol. The topological polar surface area (TPSA) is 66.9 Å². The van der Waals surface area contributed by atoms with Crippen molar-refractivity contribution >= 4 is 15.9 Å². The first kappa shape index (κ1) is 22.3. The molecule has 1 heterocycles. The van der Waals surface area contributed by atoms with Crippen LogP contribution in [0.2, 0.25) is 0 Å². The van der Waals surface area contributed by atoms with E-state index in [0.29, 0.717) is 32.5 Å². The Bertz CT molecular complexity index is 965. The fourth-order valence-electron chi connectivity index (χ4n) is 3.85. The van der Waals surface area contributed by atoms with Crippen molar-refractivity contribution in [3.8, 4) is 5.75 Å². The van der Waals surface area contributed by atoms with Crippen molar-refractivity contribution in [2.45, 2.75) is 32.1 Å². The minimum Gasteiger partial charge on any atom is -0.496 e. The van der Waals surface area contributed by atoms with Crippen molar-refractivity contribution in [3.05, 3.63) is 65.2 Å². The summed E-state index contributed by atoms with van der Waals surface area (Å²) in [6.45, 7) is 3.21. The third-order valence-electron chi connectivity index (χ3n) is 5.64. The number of methoxy groups -OCH3 is 1. The lowest BCUT2D eigenvalue weighted by molar-refractivity contribution is -0.135. The number of carbonyl (C=O) groups is 1. The van der Waals surface area contributed by atoms with E-state index in [1.54, 1.807) is 19.1 Å². The van der Waals surface area contributed by atoms with Gasteiger partial charge in [0.25, 0.3) is 0 Å². The van der Waals surface area contributed by atoms with E-state index in [4.69, 9.17) is 4.74 Å². The average Bonchev–Trinajstić information content (AvgIpc) is 2.75. The standard InChI is InChI=1S/C23H30N2O4S/c1-18-8-10-19(11-9-18)17-30(27,28)25-14-12-20(13-15-25)23(26)24(2)16-21-6-4-5-7-22(21)29-3/h4-11,20H,12-17H2,1-3H3. The number of rotatable bonds is 7. The van der Waals surface area contributed by atoms with E-state index in [0.717, 1.165) is 22.4 Å². The molecule has 0 aromatic heterocycles. The van der Waals surface area contributed by atoms with E-state index < -0.39 is 10.0 Å². The van der Waals surface area contributed by atoms with Crippen LogP contribution in [-0.4, -0.2) is 50.8 Å². The number of para-hydroxylation sites is 1. The third kappa shape index (κ3) is 5.40. The average molecular weight is 431 g/mol. The fourth-order valence-corrected chi connectivity index (χ4v) is 5.41. The van der Waals surface area contributed by atoms with Crippen LogP contribution in [0, 0.1) is 12.8 Å². The lowest BCUT2D eigenvalue weighted by Gasteiger charge is -2.32. The number of ether oxygens (including phenoxy) is 1. The molecule has 1 saturated heterocycles. The van der Waals surface area contributed by atoms with Crippen molar-refractivity contribution in [1.82, 2.24) is 9.21 Å². The Kier molecular flexibility index (Phi) is 7.15. The Morgan fingerprint density at radius 3 is 2.37 bits per heavy atom. The maximum atomic E-state index is 12.9. The Morgan fingerprint density at radius 1 is 1.10 bits per heavy atom. The van der Waals surface area contributed by atoms with Gasteiger partial charge >= 0.3 is 0 Å². The summed E-state index contributed by atoms with van der Waals surface area (Å²) in [7, 11) is 0.0212. The lowest BCUT2D eigenvalue weighted by atomic mass is 9.96. The van der Waals surface area contributed by atoms with Crippen LogP contribution in [0.5, 0.6) is 5.75 Å². The fraction of sp³-hybridized carbons (Fsp3) is 0.435. The van der Waals surface area contributed by atoms with Gasteiger partial charge in [0.1, 0.15) is 5.75 Å². The predicted octanol–water partition coefficient (Wildman–Crippen LogP) is 3.20. The zero-order chi connectivity index (χ0) is 21.7. The summed E-state index contributed by atoms with van der Waals surface area (Å²) in [5.41, 5.74) is 2.84. The predicted molar refractivity (Wildman–Crippen MR) is 118 cm³/mol. The molecule has 0 radical (unpaired) electrons. The molecule has 0 bridgehead atoms. The summed E-state index contributed by atoms with van der Waals surface area (Å²) < 4.78 is 32.4. The van der Waals surface area contributed by atoms with Crippen LogP contribution in [0.15, 0.2) is 48.5 Å². The molecule has 0 unspecified atom stereocenters. The molecule has 1 aliphatic heterocycles. The second kappa shape index (κ2) is 9.62. The number of hydrogen-bond donors (Lipinski definition) is 0. The van der Waals surface area contributed by atoms with Crippen LogP contribution in [0.1, 0.15) is 29.5 Å². The van der Waals surface area contributed by atoms with Gasteiger partial charge in [0.15, 0.2) is 0 Å². The lowest BCUT2D eigenvalue weighted by Crippen LogP contribution is -2.43. The molecule has 2 aromatic carbocycles. The molecular formula is C23H30N2O4S. The highest BCUT2D eigenvalue weighted by molar-refractivity contribution is 7.88. The molecule has 0 N–H and O–H groups in total. The van der Waals surface area contributed by atoms with Gasteiger partial charge in [0.2, 0.25) is 15.9 Å². The summed E-state index contributed by atoms with van der Waals surface area (Å²) in [6.07, 6.45) is 1.09. The molecule has 0 saturated carbocycles. The molecule has 0 atom stereocenters. The Balaban J connectivity index is 1.56. The normalized spacial score (nSPS) is 15.7. The van der Waals surface area contributed by atoms with E-state index in [-0.39, 0.29) is 17.6 Å². The number of hydrogen-bond acceptors (Lipinski definition) is 4. The number of piperidine rings is 1. The number of sulfonamides is 1. The van der Waals surface area contributed by atoms with Crippen molar-refractivity contribution < 1.29 is 17.9 Å². The summed E-state index contributed by atoms with van der Waals surface area (Å²) in [6, 6.07) is 15.2. The van der Waals surface area contributed by atoms with Gasteiger partial charge in [0, 0.05) is 38.2 Å². The number of benzene rings is 2. The number of carbonyl (C=O) groups excluding carboxylic acids is 1. The van der Waals surface area contributed by atoms with Crippen LogP contribution in [0.25, 0.3) is 0 Å². The van der Waals surface area contributed by atoms with Gasteiger partial charge in [-0.2, -0.15) is 0 Å². The summed E-state index contributed by atoms with van der Waals surface area (Å²) in [5, 5.41) is 0. The van der Waals surface area contributed by atoms with Crippen molar-refractivity contribution in [2.75, 3.05) is 27.2 Å². The summed E-state index contributed by atoms with van der Waals surface area (Å²) in [5.74, 6) is 0.653. The van der Waals surface area contributed by atoms with Crippen LogP contribution < -0.4 is 4.74 Å². The van der Waals surface area contributed by atoms with Crippen LogP contribution >= 0.6 is 0 Å². The molecule has 1 amide bonds. The Hall–Kier alpha value is -2.38. The SMILES string of the molecule is COc1ccccc1CN(C)C(=O)C1CCN(S(=O)(=O)Cc2ccc(C)cc2)CC1. The molecule has 1 aliphatic rings. The van der Waals surface area contributed by atoms with Crippen LogP contribution in [0.4, 0.5) is 0 Å². The van der Waals surface area contributed by atoms with Crippen molar-refractivity contribution in [2.24, 2.45) is 5.92 Å². The first-order valence-corrected chi connectivity index (χ1v) is 11.8. The number of nitrogens with zero attached hydrogens (tertiary/aromatic N) is 2. The van der Waals surface area contributed by atoms with E-state index in [1.807, 2.05) is 55.5 Å². The monoisotopic (exact) mass is 430 g/mol. The number of aryl methyl sites for hydroxylation is 1. The molecule has 1 fully saturated rings. The Labute approximate surface area is 179 Å². The van der Waals surface area contributed by atoms with Gasteiger partial charge < -0.3 is 9.64 Å². The van der Waals surface area contributed by atoms with Gasteiger partial charge in [-0.1, -0.05) is 48.0 Å². The third-order valence-corrected chi connectivity index (χ3v) is 7.49. The summed E-state index contributed by atoms with van der Waals surface area (Å²) in [4.78, 5) is 14.6. The van der Waals surface area contributed by atoms with Crippen molar-refractivity contribution in [3.63, 3.8) is 0 Å². The van der Waals surface area contributed by atoms with Gasteiger partial charge in [-0.3, -0.25) is 4.79 Å². The molecule has 30 heavy (non-hydrogen) atoms. The van der Waals surface area contributed by atoms with Gasteiger partial charge in [-0.25, -0.2) is 12.7 Å². The molecule has 0 spiro atoms. The first-order chi connectivity index (χ1) is 14.3. The highest BCUT2D eigenvalue weighted by Gasteiger charge is 2.32. The quantitative estimate of drug-likeness (QED) is 0.677. The highest BCUT2D eigenvalue weighted by atomic mass is 32.2. The molecule has 162 valence electrons. The zero-order valence-electron chi connectivity index (χ0n) is 17.9. The second-order valence-electron chi connectivity index (χ2n) is 7.92. The molecule has 7 heteroatoms. The molecule has 0 aliphatic carbocycles. The molecule has 3 rings (SSSR count). The largest absolute Gasteiger partial charge is 0.496 e. The van der Waals surface area contributed by atoms with E-state index in [2.05, 4.69) is 0 Å².